The minimum Gasteiger partial charge on any atom is -0.495 e. The highest BCUT2D eigenvalue weighted by molar-refractivity contribution is 9.10. The lowest BCUT2D eigenvalue weighted by Crippen LogP contribution is -2.20. The quantitative estimate of drug-likeness (QED) is 0.393. The van der Waals surface area contributed by atoms with Crippen LogP contribution in [0.3, 0.4) is 0 Å². The fraction of sp³-hybridized carbons (Fsp3) is 0.0870. The van der Waals surface area contributed by atoms with E-state index in [9.17, 15) is 4.79 Å². The number of ether oxygens (including phenoxy) is 1. The molecule has 0 fully saturated rings. The molecule has 156 valence electrons. The van der Waals surface area contributed by atoms with Crippen LogP contribution in [0, 0.1) is 0 Å². The molecule has 0 aliphatic rings. The van der Waals surface area contributed by atoms with Gasteiger partial charge in [-0.15, -0.1) is 0 Å². The van der Waals surface area contributed by atoms with Crippen LogP contribution in [0.15, 0.2) is 90.2 Å². The Morgan fingerprint density at radius 3 is 2.58 bits per heavy atom. The van der Waals surface area contributed by atoms with Gasteiger partial charge < -0.3 is 19.9 Å². The number of carbonyl (C=O) groups excluding carboxylic acids is 1. The van der Waals surface area contributed by atoms with E-state index in [1.165, 1.54) is 0 Å². The zero-order valence-corrected chi connectivity index (χ0v) is 18.3. The number of aromatic nitrogens is 3. The van der Waals surface area contributed by atoms with Gasteiger partial charge in [0.05, 0.1) is 25.2 Å². The van der Waals surface area contributed by atoms with Crippen molar-refractivity contribution >= 4 is 33.3 Å². The first-order valence-corrected chi connectivity index (χ1v) is 10.3. The molecule has 0 aliphatic carbocycles. The van der Waals surface area contributed by atoms with Gasteiger partial charge in [-0.3, -0.25) is 4.98 Å². The number of carbonyl (C=O) groups is 1. The zero-order chi connectivity index (χ0) is 21.6. The molecule has 2 heterocycles. The van der Waals surface area contributed by atoms with E-state index in [0.29, 0.717) is 17.1 Å². The topological polar surface area (TPSA) is 81.1 Å². The van der Waals surface area contributed by atoms with Gasteiger partial charge >= 0.3 is 6.03 Å². The van der Waals surface area contributed by atoms with Gasteiger partial charge in [0.15, 0.2) is 0 Å². The Bertz CT molecular complexity index is 1170. The molecule has 4 rings (SSSR count). The van der Waals surface area contributed by atoms with Gasteiger partial charge in [0.2, 0.25) is 0 Å². The molecule has 0 saturated heterocycles. The maximum absolute atomic E-state index is 12.6. The lowest BCUT2D eigenvalue weighted by molar-refractivity contribution is 0.262. The number of halogens is 1. The van der Waals surface area contributed by atoms with E-state index < -0.39 is 0 Å². The smallest absolute Gasteiger partial charge is 0.323 e. The number of amides is 2. The van der Waals surface area contributed by atoms with Crippen LogP contribution in [-0.2, 0) is 0 Å². The fourth-order valence-electron chi connectivity index (χ4n) is 3.35. The number of nitrogens with one attached hydrogen (secondary N) is 2. The predicted octanol–water partition coefficient (Wildman–Crippen LogP) is 5.33. The third kappa shape index (κ3) is 4.92. The van der Waals surface area contributed by atoms with Crippen molar-refractivity contribution in [1.29, 1.82) is 0 Å². The third-order valence-corrected chi connectivity index (χ3v) is 5.21. The monoisotopic (exact) mass is 477 g/mol. The second-order valence-electron chi connectivity index (χ2n) is 6.74. The van der Waals surface area contributed by atoms with E-state index in [-0.39, 0.29) is 12.1 Å². The number of anilines is 2. The van der Waals surface area contributed by atoms with E-state index in [4.69, 9.17) is 4.74 Å². The van der Waals surface area contributed by atoms with Crippen LogP contribution in [0.2, 0.25) is 0 Å². The Morgan fingerprint density at radius 1 is 1.00 bits per heavy atom. The van der Waals surface area contributed by atoms with E-state index in [1.807, 2.05) is 53.2 Å². The molecule has 4 aromatic rings. The molecule has 0 spiro atoms. The Kier molecular flexibility index (Phi) is 6.28. The molecule has 2 N–H and O–H groups in total. The number of pyridine rings is 1. The van der Waals surface area contributed by atoms with Gasteiger partial charge in [0, 0.05) is 34.9 Å². The molecule has 1 atom stereocenters. The van der Waals surface area contributed by atoms with Crippen molar-refractivity contribution in [3.63, 3.8) is 0 Å². The predicted molar refractivity (Wildman–Crippen MR) is 123 cm³/mol. The van der Waals surface area contributed by atoms with E-state index in [1.54, 1.807) is 44.2 Å². The summed E-state index contributed by atoms with van der Waals surface area (Å²) in [5, 5.41) is 5.73. The number of imidazole rings is 1. The number of hydrogen-bond acceptors (Lipinski definition) is 4. The molecule has 1 unspecified atom stereocenters. The van der Waals surface area contributed by atoms with Gasteiger partial charge in [-0.25, -0.2) is 9.78 Å². The second-order valence-corrected chi connectivity index (χ2v) is 7.66. The number of nitrogens with zero attached hydrogens (tertiary/aromatic N) is 3. The van der Waals surface area contributed by atoms with Gasteiger partial charge in [-0.1, -0.05) is 28.1 Å². The van der Waals surface area contributed by atoms with Crippen molar-refractivity contribution in [2.75, 3.05) is 17.7 Å². The van der Waals surface area contributed by atoms with E-state index in [2.05, 4.69) is 36.5 Å². The molecular formula is C23H20BrN5O2. The van der Waals surface area contributed by atoms with Gasteiger partial charge in [-0.05, 0) is 53.6 Å². The van der Waals surface area contributed by atoms with Crippen molar-refractivity contribution in [2.45, 2.75) is 6.04 Å². The van der Waals surface area contributed by atoms with Crippen molar-refractivity contribution in [3.8, 4) is 5.75 Å². The van der Waals surface area contributed by atoms with E-state index >= 15 is 0 Å². The first-order valence-electron chi connectivity index (χ1n) is 9.53. The molecule has 7 nitrogen and oxygen atoms in total. The van der Waals surface area contributed by atoms with Gasteiger partial charge in [0.1, 0.15) is 5.75 Å². The highest BCUT2D eigenvalue weighted by Gasteiger charge is 2.17. The first kappa shape index (κ1) is 20.6. The van der Waals surface area contributed by atoms with E-state index in [0.717, 1.165) is 15.6 Å². The van der Waals surface area contributed by atoms with Gasteiger partial charge in [-0.2, -0.15) is 0 Å². The summed E-state index contributed by atoms with van der Waals surface area (Å²) in [5.41, 5.74) is 3.30. The van der Waals surface area contributed by atoms with Crippen LogP contribution >= 0.6 is 15.9 Å². The molecule has 0 saturated carbocycles. The summed E-state index contributed by atoms with van der Waals surface area (Å²) in [7, 11) is 1.56. The SMILES string of the molecule is COc1ccc(Br)cc1NC(=O)Nc1cccc(C(c2ccncc2)n2ccnc2)c1. The largest absolute Gasteiger partial charge is 0.495 e. The Morgan fingerprint density at radius 2 is 1.84 bits per heavy atom. The summed E-state index contributed by atoms with van der Waals surface area (Å²) < 4.78 is 8.17. The Hall–Kier alpha value is -3.65. The number of rotatable bonds is 6. The minimum absolute atomic E-state index is 0.0968. The Labute approximate surface area is 188 Å². The summed E-state index contributed by atoms with van der Waals surface area (Å²) in [5.74, 6) is 0.574. The number of hydrogen-bond donors (Lipinski definition) is 2. The molecule has 2 aromatic carbocycles. The van der Waals surface area contributed by atoms with Crippen molar-refractivity contribution < 1.29 is 9.53 Å². The lowest BCUT2D eigenvalue weighted by Gasteiger charge is -2.20. The number of benzene rings is 2. The number of methoxy groups -OCH3 is 1. The first-order chi connectivity index (χ1) is 15.1. The summed E-state index contributed by atoms with van der Waals surface area (Å²) >= 11 is 3.41. The molecule has 2 aromatic heterocycles. The van der Waals surface area contributed by atoms with Crippen molar-refractivity contribution in [2.24, 2.45) is 0 Å². The molecular weight excluding hydrogens is 458 g/mol. The van der Waals surface area contributed by atoms with Crippen molar-refractivity contribution in [1.82, 2.24) is 14.5 Å². The summed E-state index contributed by atoms with van der Waals surface area (Å²) in [4.78, 5) is 20.9. The van der Waals surface area contributed by atoms with Crippen LogP contribution in [0.5, 0.6) is 5.75 Å². The van der Waals surface area contributed by atoms with Crippen LogP contribution in [0.1, 0.15) is 17.2 Å². The molecule has 2 amide bonds. The number of urea groups is 1. The molecule has 0 radical (unpaired) electrons. The highest BCUT2D eigenvalue weighted by Crippen LogP contribution is 2.29. The normalized spacial score (nSPS) is 11.5. The molecule has 0 aliphatic heterocycles. The average molecular weight is 478 g/mol. The van der Waals surface area contributed by atoms with Crippen LogP contribution < -0.4 is 15.4 Å². The molecule has 8 heteroatoms. The summed E-state index contributed by atoms with van der Waals surface area (Å²) in [6.45, 7) is 0. The highest BCUT2D eigenvalue weighted by atomic mass is 79.9. The maximum atomic E-state index is 12.6. The minimum atomic E-state index is -0.364. The standard InChI is InChI=1S/C23H20BrN5O2/c1-31-21-6-5-18(24)14-20(21)28-23(30)27-19-4-2-3-17(13-19)22(29-12-11-26-15-29)16-7-9-25-10-8-16/h2-15,22H,1H3,(H2,27,28,30). The van der Waals surface area contributed by atoms with Gasteiger partial charge in [0.25, 0.3) is 0 Å². The van der Waals surface area contributed by atoms with Crippen molar-refractivity contribution in [3.05, 3.63) is 101 Å². The molecule has 31 heavy (non-hydrogen) atoms. The van der Waals surface area contributed by atoms with Crippen LogP contribution in [0.4, 0.5) is 16.2 Å². The fourth-order valence-corrected chi connectivity index (χ4v) is 3.71. The lowest BCUT2D eigenvalue weighted by atomic mass is 9.99. The maximum Gasteiger partial charge on any atom is 0.323 e. The Balaban J connectivity index is 1.58. The zero-order valence-electron chi connectivity index (χ0n) is 16.7. The second kappa shape index (κ2) is 9.44. The average Bonchev–Trinajstić information content (AvgIpc) is 3.29. The van der Waals surface area contributed by atoms with Crippen LogP contribution in [0.25, 0.3) is 0 Å². The molecule has 0 bridgehead atoms. The summed E-state index contributed by atoms with van der Waals surface area (Å²) in [6, 6.07) is 16.6. The third-order valence-electron chi connectivity index (χ3n) is 4.71. The summed E-state index contributed by atoms with van der Waals surface area (Å²) in [6.07, 6.45) is 8.96. The van der Waals surface area contributed by atoms with Crippen LogP contribution in [-0.4, -0.2) is 27.7 Å².